The first kappa shape index (κ1) is 34.0. The smallest absolute Gasteiger partial charge is 0.0468 e. The maximum atomic E-state index is 2.40. The van der Waals surface area contributed by atoms with Crippen LogP contribution in [0.25, 0.3) is 77.2 Å². The molecule has 0 aliphatic rings. The molecular weight excluding hydrogens is 687 g/mol. The van der Waals surface area contributed by atoms with E-state index in [0.717, 1.165) is 17.1 Å². The van der Waals surface area contributed by atoms with Crippen LogP contribution in [-0.2, 0) is 0 Å². The summed E-state index contributed by atoms with van der Waals surface area (Å²) in [5.41, 5.74) is 15.4. The molecule has 0 fully saturated rings. The molecule has 10 aromatic carbocycles. The second kappa shape index (κ2) is 15.0. The van der Waals surface area contributed by atoms with Gasteiger partial charge in [-0.2, -0.15) is 0 Å². The van der Waals surface area contributed by atoms with Gasteiger partial charge < -0.3 is 4.90 Å². The molecule has 0 N–H and O–H groups in total. The first-order chi connectivity index (χ1) is 28.3. The van der Waals surface area contributed by atoms with Crippen LogP contribution in [0.15, 0.2) is 237 Å². The van der Waals surface area contributed by atoms with Gasteiger partial charge in [-0.25, -0.2) is 0 Å². The summed E-state index contributed by atoms with van der Waals surface area (Å²) in [6.07, 6.45) is 0. The largest absolute Gasteiger partial charge is 0.310 e. The lowest BCUT2D eigenvalue weighted by Gasteiger charge is -2.27. The van der Waals surface area contributed by atoms with Crippen molar-refractivity contribution in [3.63, 3.8) is 0 Å². The van der Waals surface area contributed by atoms with E-state index in [9.17, 15) is 0 Å². The fourth-order valence-electron chi connectivity index (χ4n) is 8.30. The van der Waals surface area contributed by atoms with Crippen LogP contribution in [0.5, 0.6) is 0 Å². The molecule has 0 atom stereocenters. The van der Waals surface area contributed by atoms with Crippen LogP contribution < -0.4 is 4.90 Å². The number of nitrogens with zero attached hydrogens (tertiary/aromatic N) is 1. The molecule has 0 radical (unpaired) electrons. The summed E-state index contributed by atoms with van der Waals surface area (Å²) in [5.74, 6) is 0. The van der Waals surface area contributed by atoms with Crippen LogP contribution in [-0.4, -0.2) is 0 Å². The molecule has 0 heterocycles. The Morgan fingerprint density at radius 3 is 0.930 bits per heavy atom. The SMILES string of the molecule is c1ccc(-c2ccc(-c3ccc(N(c4ccc(-c5ccccc5)cc4)c4ccc5c(c4)c(-c4ccccc4)c(-c4ccccc4)c4ccccc45)cc3)cc2)cc1. The minimum atomic E-state index is 1.09. The zero-order valence-electron chi connectivity index (χ0n) is 31.5. The van der Waals surface area contributed by atoms with Crippen molar-refractivity contribution in [1.82, 2.24) is 0 Å². The van der Waals surface area contributed by atoms with Crippen LogP contribution in [0.4, 0.5) is 17.1 Å². The predicted octanol–water partition coefficient (Wildman–Crippen LogP) is 15.8. The van der Waals surface area contributed by atoms with Crippen LogP contribution in [0.1, 0.15) is 0 Å². The van der Waals surface area contributed by atoms with E-state index in [1.807, 2.05) is 0 Å². The van der Waals surface area contributed by atoms with Gasteiger partial charge in [0.05, 0.1) is 0 Å². The lowest BCUT2D eigenvalue weighted by Crippen LogP contribution is -2.10. The van der Waals surface area contributed by atoms with Crippen LogP contribution in [0.2, 0.25) is 0 Å². The topological polar surface area (TPSA) is 3.24 Å². The molecule has 1 heteroatoms. The van der Waals surface area contributed by atoms with E-state index in [1.165, 1.54) is 77.2 Å². The maximum absolute atomic E-state index is 2.40. The monoisotopic (exact) mass is 725 g/mol. The highest BCUT2D eigenvalue weighted by molar-refractivity contribution is 6.22. The van der Waals surface area contributed by atoms with Crippen LogP contribution in [0, 0.1) is 0 Å². The molecule has 0 saturated heterocycles. The Kier molecular flexibility index (Phi) is 8.95. The summed E-state index contributed by atoms with van der Waals surface area (Å²) >= 11 is 0. The van der Waals surface area contributed by atoms with Crippen LogP contribution >= 0.6 is 0 Å². The van der Waals surface area contributed by atoms with E-state index in [-0.39, 0.29) is 0 Å². The van der Waals surface area contributed by atoms with Gasteiger partial charge in [-0.15, -0.1) is 0 Å². The number of rotatable bonds is 8. The average molecular weight is 726 g/mol. The Morgan fingerprint density at radius 1 is 0.193 bits per heavy atom. The molecule has 0 aliphatic carbocycles. The molecule has 268 valence electrons. The van der Waals surface area contributed by atoms with Crippen molar-refractivity contribution >= 4 is 38.6 Å². The fraction of sp³-hybridized carbons (Fsp3) is 0. The van der Waals surface area contributed by atoms with Crippen molar-refractivity contribution in [2.45, 2.75) is 0 Å². The summed E-state index contributed by atoms with van der Waals surface area (Å²) in [5, 5.41) is 4.96. The molecule has 0 saturated carbocycles. The second-order valence-electron chi connectivity index (χ2n) is 14.5. The highest BCUT2D eigenvalue weighted by atomic mass is 15.1. The van der Waals surface area contributed by atoms with Gasteiger partial charge in [0.25, 0.3) is 0 Å². The molecule has 0 bridgehead atoms. The molecule has 1 nitrogen and oxygen atoms in total. The Bertz CT molecular complexity index is 2940. The predicted molar refractivity (Wildman–Crippen MR) is 243 cm³/mol. The standard InChI is InChI=1S/C56H39N/c1-5-15-40(16-6-1)42-25-27-43(28-26-42)45-31-35-49(36-32-45)57(48-33-29-44(30-34-48)41-17-7-2-8-18-41)50-37-38-52-51-23-13-14-24-53(51)55(46-19-9-3-10-20-46)56(54(52)39-50)47-21-11-4-12-22-47/h1-39H. The summed E-state index contributed by atoms with van der Waals surface area (Å²) in [4.78, 5) is 2.39. The van der Waals surface area contributed by atoms with Crippen molar-refractivity contribution in [3.05, 3.63) is 237 Å². The van der Waals surface area contributed by atoms with Crippen molar-refractivity contribution in [2.75, 3.05) is 4.90 Å². The number of hydrogen-bond acceptors (Lipinski definition) is 1. The van der Waals surface area contributed by atoms with E-state index < -0.39 is 0 Å². The second-order valence-corrected chi connectivity index (χ2v) is 14.5. The third kappa shape index (κ3) is 6.56. The van der Waals surface area contributed by atoms with Crippen molar-refractivity contribution in [3.8, 4) is 55.6 Å². The van der Waals surface area contributed by atoms with E-state index in [0.29, 0.717) is 0 Å². The van der Waals surface area contributed by atoms with E-state index >= 15 is 0 Å². The van der Waals surface area contributed by atoms with E-state index in [4.69, 9.17) is 0 Å². The molecular formula is C56H39N. The zero-order chi connectivity index (χ0) is 38.0. The Labute approximate surface area is 334 Å². The van der Waals surface area contributed by atoms with E-state index in [2.05, 4.69) is 241 Å². The van der Waals surface area contributed by atoms with Gasteiger partial charge in [-0.05, 0) is 114 Å². The summed E-state index contributed by atoms with van der Waals surface area (Å²) in [6, 6.07) is 85.6. The van der Waals surface area contributed by atoms with Gasteiger partial charge in [-0.3, -0.25) is 0 Å². The Balaban J connectivity index is 1.15. The fourth-order valence-corrected chi connectivity index (χ4v) is 8.30. The van der Waals surface area contributed by atoms with Crippen molar-refractivity contribution < 1.29 is 0 Å². The van der Waals surface area contributed by atoms with Gasteiger partial charge in [0.1, 0.15) is 0 Å². The summed E-state index contributed by atoms with van der Waals surface area (Å²) in [6.45, 7) is 0. The first-order valence-electron chi connectivity index (χ1n) is 19.6. The molecule has 0 aliphatic heterocycles. The lowest BCUT2D eigenvalue weighted by molar-refractivity contribution is 1.29. The zero-order valence-corrected chi connectivity index (χ0v) is 31.5. The number of benzene rings is 10. The normalized spacial score (nSPS) is 11.2. The van der Waals surface area contributed by atoms with Gasteiger partial charge in [0, 0.05) is 17.1 Å². The highest BCUT2D eigenvalue weighted by Crippen LogP contribution is 2.47. The molecule has 0 spiro atoms. The van der Waals surface area contributed by atoms with E-state index in [1.54, 1.807) is 0 Å². The highest BCUT2D eigenvalue weighted by Gasteiger charge is 2.20. The minimum absolute atomic E-state index is 1.09. The summed E-state index contributed by atoms with van der Waals surface area (Å²) in [7, 11) is 0. The molecule has 0 amide bonds. The van der Waals surface area contributed by atoms with Crippen LogP contribution in [0.3, 0.4) is 0 Å². The van der Waals surface area contributed by atoms with Crippen molar-refractivity contribution in [2.24, 2.45) is 0 Å². The molecule has 10 aromatic rings. The van der Waals surface area contributed by atoms with Gasteiger partial charge in [-0.1, -0.05) is 200 Å². The van der Waals surface area contributed by atoms with Gasteiger partial charge in [0.2, 0.25) is 0 Å². The number of fused-ring (bicyclic) bond motifs is 3. The molecule has 10 rings (SSSR count). The van der Waals surface area contributed by atoms with Gasteiger partial charge in [0.15, 0.2) is 0 Å². The first-order valence-corrected chi connectivity index (χ1v) is 19.6. The molecule has 57 heavy (non-hydrogen) atoms. The lowest BCUT2D eigenvalue weighted by atomic mass is 9.85. The summed E-state index contributed by atoms with van der Waals surface area (Å²) < 4.78 is 0. The Hall–Kier alpha value is -7.48. The number of anilines is 3. The third-order valence-corrected chi connectivity index (χ3v) is 11.1. The van der Waals surface area contributed by atoms with Gasteiger partial charge >= 0.3 is 0 Å². The average Bonchev–Trinajstić information content (AvgIpc) is 3.30. The quantitative estimate of drug-likeness (QED) is 0.141. The maximum Gasteiger partial charge on any atom is 0.0468 e. The minimum Gasteiger partial charge on any atom is -0.310 e. The third-order valence-electron chi connectivity index (χ3n) is 11.1. The van der Waals surface area contributed by atoms with Crippen molar-refractivity contribution in [1.29, 1.82) is 0 Å². The number of hydrogen-bond donors (Lipinski definition) is 0. The molecule has 0 unspecified atom stereocenters. The Morgan fingerprint density at radius 2 is 0.491 bits per heavy atom. The molecule has 0 aromatic heterocycles.